The molecule has 0 fully saturated rings. The Bertz CT molecular complexity index is 904. The van der Waals surface area contributed by atoms with Crippen LogP contribution in [-0.2, 0) is 4.79 Å². The van der Waals surface area contributed by atoms with E-state index in [-0.39, 0.29) is 18.9 Å². The number of carbonyl (C=O) groups is 1. The second-order valence-electron chi connectivity index (χ2n) is 15.8. The third-order valence-corrected chi connectivity index (χ3v) is 10.6. The van der Waals surface area contributed by atoms with Crippen molar-refractivity contribution in [1.82, 2.24) is 5.32 Å². The van der Waals surface area contributed by atoms with Gasteiger partial charge in [0.1, 0.15) is 0 Å². The van der Waals surface area contributed by atoms with E-state index in [0.717, 1.165) is 44.9 Å². The highest BCUT2D eigenvalue weighted by atomic mass is 16.3. The summed E-state index contributed by atoms with van der Waals surface area (Å²) in [5.41, 5.74) is 0. The first-order chi connectivity index (χ1) is 26.7. The number of unbranched alkanes of at least 4 members (excludes halogenated alkanes) is 26. The van der Waals surface area contributed by atoms with Crippen molar-refractivity contribution in [3.05, 3.63) is 60.8 Å². The monoisotopic (exact) mass is 754 g/mol. The van der Waals surface area contributed by atoms with E-state index in [4.69, 9.17) is 0 Å². The molecule has 0 bridgehead atoms. The molecule has 0 saturated carbocycles. The molecule has 0 aliphatic carbocycles. The predicted octanol–water partition coefficient (Wildman–Crippen LogP) is 14.9. The van der Waals surface area contributed by atoms with Crippen molar-refractivity contribution in [2.45, 2.75) is 244 Å². The Balaban J connectivity index is 3.54. The Morgan fingerprint density at radius 3 is 1.06 bits per heavy atom. The quantitative estimate of drug-likeness (QED) is 0.0429. The number of aliphatic hydroxyl groups is 2. The number of aliphatic hydroxyl groups excluding tert-OH is 2. The van der Waals surface area contributed by atoms with Crippen molar-refractivity contribution < 1.29 is 15.0 Å². The Hall–Kier alpha value is -1.91. The van der Waals surface area contributed by atoms with E-state index in [0.29, 0.717) is 6.42 Å². The molecular formula is C50H91NO3. The molecule has 4 heteroatoms. The molecule has 0 heterocycles. The number of hydrogen-bond donors (Lipinski definition) is 3. The molecule has 54 heavy (non-hydrogen) atoms. The van der Waals surface area contributed by atoms with Gasteiger partial charge in [-0.05, 0) is 38.5 Å². The maximum Gasteiger partial charge on any atom is 0.224 e. The van der Waals surface area contributed by atoms with Crippen LogP contribution in [0.5, 0.6) is 0 Å². The molecule has 4 nitrogen and oxygen atoms in total. The van der Waals surface area contributed by atoms with Gasteiger partial charge in [0.2, 0.25) is 5.91 Å². The minimum absolute atomic E-state index is 0.158. The molecule has 0 rings (SSSR count). The molecule has 2 atom stereocenters. The van der Waals surface area contributed by atoms with Crippen LogP contribution in [0.4, 0.5) is 0 Å². The van der Waals surface area contributed by atoms with Crippen molar-refractivity contribution in [1.29, 1.82) is 0 Å². The van der Waals surface area contributed by atoms with Gasteiger partial charge < -0.3 is 15.5 Å². The summed E-state index contributed by atoms with van der Waals surface area (Å²) in [6, 6.07) is -0.593. The highest BCUT2D eigenvalue weighted by molar-refractivity contribution is 5.77. The van der Waals surface area contributed by atoms with Crippen LogP contribution in [0.15, 0.2) is 60.8 Å². The molecule has 0 aromatic rings. The second kappa shape index (κ2) is 45.5. The molecule has 3 N–H and O–H groups in total. The van der Waals surface area contributed by atoms with E-state index < -0.39 is 12.1 Å². The molecule has 0 saturated heterocycles. The minimum Gasteiger partial charge on any atom is -0.394 e. The highest BCUT2D eigenvalue weighted by Gasteiger charge is 2.19. The summed E-state index contributed by atoms with van der Waals surface area (Å²) >= 11 is 0. The number of rotatable bonds is 42. The standard InChI is InChI=1S/C50H91NO3/c1-3-5-7-9-11-13-15-17-19-20-21-22-23-24-25-26-27-28-29-30-32-33-35-37-39-41-43-45-49(53)48(47-52)51-50(54)46-44-42-40-38-36-34-31-18-16-14-12-10-8-6-4-2/h6,8,12,14,18,31,36,38,42,44,48-49,52-53H,3-5,7,9-11,13,15-17,19-30,32-35,37,39-41,43,45-47H2,1-2H3,(H,51,54)/b8-6-,14-12-,31-18-,38-36-,44-42-. The number of carbonyl (C=O) groups excluding carboxylic acids is 1. The molecule has 314 valence electrons. The van der Waals surface area contributed by atoms with Crippen LogP contribution in [-0.4, -0.2) is 34.9 Å². The van der Waals surface area contributed by atoms with Gasteiger partial charge in [0, 0.05) is 6.42 Å². The predicted molar refractivity (Wildman–Crippen MR) is 239 cm³/mol. The lowest BCUT2D eigenvalue weighted by molar-refractivity contribution is -0.122. The van der Waals surface area contributed by atoms with Crippen LogP contribution in [0.2, 0.25) is 0 Å². The average Bonchev–Trinajstić information content (AvgIpc) is 3.18. The van der Waals surface area contributed by atoms with Crippen molar-refractivity contribution in [2.75, 3.05) is 6.61 Å². The molecule has 0 spiro atoms. The summed E-state index contributed by atoms with van der Waals surface area (Å²) in [7, 11) is 0. The molecule has 1 amide bonds. The van der Waals surface area contributed by atoms with Gasteiger partial charge in [-0.15, -0.1) is 0 Å². The summed E-state index contributed by atoms with van der Waals surface area (Å²) in [5, 5.41) is 23.1. The van der Waals surface area contributed by atoms with E-state index >= 15 is 0 Å². The largest absolute Gasteiger partial charge is 0.394 e. The minimum atomic E-state index is -0.702. The first-order valence-electron chi connectivity index (χ1n) is 23.5. The summed E-state index contributed by atoms with van der Waals surface area (Å²) < 4.78 is 0. The molecule has 0 aliphatic rings. The number of amides is 1. The number of hydrogen-bond acceptors (Lipinski definition) is 3. The fourth-order valence-electron chi connectivity index (χ4n) is 7.02. The normalized spacial score (nSPS) is 13.5. The van der Waals surface area contributed by atoms with Gasteiger partial charge in [-0.3, -0.25) is 4.79 Å². The third-order valence-electron chi connectivity index (χ3n) is 10.6. The van der Waals surface area contributed by atoms with Crippen molar-refractivity contribution in [2.24, 2.45) is 0 Å². The number of nitrogens with one attached hydrogen (secondary N) is 1. The van der Waals surface area contributed by atoms with E-state index in [9.17, 15) is 15.0 Å². The Morgan fingerprint density at radius 1 is 0.444 bits per heavy atom. The van der Waals surface area contributed by atoms with Crippen LogP contribution >= 0.6 is 0 Å². The van der Waals surface area contributed by atoms with Crippen LogP contribution in [0.1, 0.15) is 232 Å². The fourth-order valence-corrected chi connectivity index (χ4v) is 7.02. The smallest absolute Gasteiger partial charge is 0.224 e. The second-order valence-corrected chi connectivity index (χ2v) is 15.8. The lowest BCUT2D eigenvalue weighted by Crippen LogP contribution is -2.45. The maximum atomic E-state index is 12.3. The van der Waals surface area contributed by atoms with Gasteiger partial charge in [0.25, 0.3) is 0 Å². The topological polar surface area (TPSA) is 69.6 Å². The SMILES string of the molecule is CC/C=C\C/C=C\C/C=C\C/C=C\C/C=C\CC(=O)NC(CO)C(O)CCCCCCCCCCCCCCCCCCCCCCCCCCCCC. The van der Waals surface area contributed by atoms with Gasteiger partial charge in [0.15, 0.2) is 0 Å². The third kappa shape index (κ3) is 41.3. The average molecular weight is 754 g/mol. The van der Waals surface area contributed by atoms with E-state index in [1.165, 1.54) is 161 Å². The highest BCUT2D eigenvalue weighted by Crippen LogP contribution is 2.17. The molecule has 0 radical (unpaired) electrons. The number of allylic oxidation sites excluding steroid dienone is 9. The van der Waals surface area contributed by atoms with Crippen LogP contribution < -0.4 is 5.32 Å². The first kappa shape index (κ1) is 52.1. The van der Waals surface area contributed by atoms with Crippen molar-refractivity contribution in [3.8, 4) is 0 Å². The fraction of sp³-hybridized carbons (Fsp3) is 0.780. The molecule has 0 aromatic heterocycles. The van der Waals surface area contributed by atoms with Gasteiger partial charge in [-0.1, -0.05) is 248 Å². The Kier molecular flexibility index (Phi) is 43.9. The summed E-state index contributed by atoms with van der Waals surface area (Å²) in [6.07, 6.45) is 63.5. The summed E-state index contributed by atoms with van der Waals surface area (Å²) in [5.74, 6) is -0.158. The molecule has 0 aliphatic heterocycles. The molecule has 0 aromatic carbocycles. The summed E-state index contributed by atoms with van der Waals surface area (Å²) in [4.78, 5) is 12.3. The zero-order valence-electron chi connectivity index (χ0n) is 36.0. The van der Waals surface area contributed by atoms with E-state index in [2.05, 4.69) is 67.8 Å². The molecule has 2 unspecified atom stereocenters. The summed E-state index contributed by atoms with van der Waals surface area (Å²) in [6.45, 7) is 4.21. The zero-order valence-corrected chi connectivity index (χ0v) is 36.0. The lowest BCUT2D eigenvalue weighted by atomic mass is 10.0. The van der Waals surface area contributed by atoms with Gasteiger partial charge >= 0.3 is 0 Å². The zero-order chi connectivity index (χ0) is 39.3. The molecular weight excluding hydrogens is 663 g/mol. The first-order valence-corrected chi connectivity index (χ1v) is 23.5. The van der Waals surface area contributed by atoms with Gasteiger partial charge in [-0.2, -0.15) is 0 Å². The van der Waals surface area contributed by atoms with Gasteiger partial charge in [-0.25, -0.2) is 0 Å². The van der Waals surface area contributed by atoms with Crippen LogP contribution in [0.3, 0.4) is 0 Å². The van der Waals surface area contributed by atoms with Crippen LogP contribution in [0.25, 0.3) is 0 Å². The Morgan fingerprint density at radius 2 is 0.741 bits per heavy atom. The van der Waals surface area contributed by atoms with E-state index in [1.54, 1.807) is 0 Å². The van der Waals surface area contributed by atoms with Crippen molar-refractivity contribution in [3.63, 3.8) is 0 Å². The van der Waals surface area contributed by atoms with Gasteiger partial charge in [0.05, 0.1) is 18.8 Å². The van der Waals surface area contributed by atoms with Crippen LogP contribution in [0, 0.1) is 0 Å². The Labute approximate surface area is 336 Å². The van der Waals surface area contributed by atoms with Crippen molar-refractivity contribution >= 4 is 5.91 Å². The lowest BCUT2D eigenvalue weighted by Gasteiger charge is -2.22. The maximum absolute atomic E-state index is 12.3. The van der Waals surface area contributed by atoms with E-state index in [1.807, 2.05) is 12.2 Å².